The molecule has 0 saturated heterocycles. The minimum absolute atomic E-state index is 0.441. The Kier molecular flexibility index (Phi) is 4.03. The summed E-state index contributed by atoms with van der Waals surface area (Å²) in [6.45, 7) is 0. The molecule has 0 aromatic heterocycles. The molecule has 0 aliphatic rings. The molecule has 0 unspecified atom stereocenters. The predicted molar refractivity (Wildman–Crippen MR) is 97.1 cm³/mol. The van der Waals surface area contributed by atoms with E-state index in [9.17, 15) is 0 Å². The number of benzene rings is 3. The van der Waals surface area contributed by atoms with Gasteiger partial charge in [0.15, 0.2) is 23.0 Å². The first-order valence-corrected chi connectivity index (χ1v) is 7.27. The quantitative estimate of drug-likeness (QED) is 0.544. The smallest absolute Gasteiger partial charge is 0.170 e. The van der Waals surface area contributed by atoms with E-state index in [-0.39, 0.29) is 0 Å². The zero-order chi connectivity index (χ0) is 17.1. The third-order valence-electron chi connectivity index (χ3n) is 3.36. The van der Waals surface area contributed by atoms with E-state index in [2.05, 4.69) is 0 Å². The van der Waals surface area contributed by atoms with Crippen LogP contribution in [0.5, 0.6) is 23.0 Å². The molecule has 3 rings (SSSR count). The summed E-state index contributed by atoms with van der Waals surface area (Å²) in [6.07, 6.45) is 0. The Hall–Kier alpha value is -3.54. The summed E-state index contributed by atoms with van der Waals surface area (Å²) in [7, 11) is 0. The molecule has 6 heteroatoms. The molecule has 0 amide bonds. The lowest BCUT2D eigenvalue weighted by molar-refractivity contribution is 0.421. The molecule has 0 aliphatic heterocycles. The Morgan fingerprint density at radius 1 is 0.500 bits per heavy atom. The number of hydrogen-bond donors (Lipinski definition) is 4. The van der Waals surface area contributed by atoms with Crippen molar-refractivity contribution in [3.63, 3.8) is 0 Å². The lowest BCUT2D eigenvalue weighted by Crippen LogP contribution is -1.97. The van der Waals surface area contributed by atoms with Crippen LogP contribution in [0.4, 0.5) is 22.7 Å². The van der Waals surface area contributed by atoms with Crippen LogP contribution in [0.15, 0.2) is 60.7 Å². The fourth-order valence-electron chi connectivity index (χ4n) is 2.18. The van der Waals surface area contributed by atoms with E-state index >= 15 is 0 Å². The largest absolute Gasteiger partial charge is 0.451 e. The molecule has 0 saturated carbocycles. The van der Waals surface area contributed by atoms with Crippen molar-refractivity contribution in [2.75, 3.05) is 22.9 Å². The Labute approximate surface area is 139 Å². The summed E-state index contributed by atoms with van der Waals surface area (Å²) in [5.74, 6) is 1.99. The van der Waals surface area contributed by atoms with Gasteiger partial charge in [0.25, 0.3) is 0 Å². The first-order valence-electron chi connectivity index (χ1n) is 7.27. The summed E-state index contributed by atoms with van der Waals surface area (Å²) in [4.78, 5) is 0. The van der Waals surface area contributed by atoms with Gasteiger partial charge < -0.3 is 32.4 Å². The van der Waals surface area contributed by atoms with Crippen LogP contribution < -0.4 is 32.4 Å². The summed E-state index contributed by atoms with van der Waals surface area (Å²) < 4.78 is 11.7. The van der Waals surface area contributed by atoms with Crippen molar-refractivity contribution < 1.29 is 9.47 Å². The topological polar surface area (TPSA) is 123 Å². The summed E-state index contributed by atoms with van der Waals surface area (Å²) in [6, 6.07) is 17.3. The van der Waals surface area contributed by atoms with Crippen LogP contribution in [0.25, 0.3) is 0 Å². The Morgan fingerprint density at radius 3 is 1.29 bits per heavy atom. The van der Waals surface area contributed by atoms with Crippen LogP contribution >= 0.6 is 0 Å². The molecule has 0 radical (unpaired) electrons. The van der Waals surface area contributed by atoms with Crippen molar-refractivity contribution in [3.8, 4) is 23.0 Å². The summed E-state index contributed by atoms with van der Waals surface area (Å²) >= 11 is 0. The lowest BCUT2D eigenvalue weighted by Gasteiger charge is -2.14. The second kappa shape index (κ2) is 6.29. The van der Waals surface area contributed by atoms with Gasteiger partial charge in [-0.1, -0.05) is 12.1 Å². The Bertz CT molecular complexity index is 808. The fourth-order valence-corrected chi connectivity index (χ4v) is 2.18. The third-order valence-corrected chi connectivity index (χ3v) is 3.36. The number of hydrogen-bond acceptors (Lipinski definition) is 6. The van der Waals surface area contributed by atoms with Gasteiger partial charge in [-0.25, -0.2) is 0 Å². The second-order valence-corrected chi connectivity index (χ2v) is 5.25. The van der Waals surface area contributed by atoms with Gasteiger partial charge >= 0.3 is 0 Å². The number of nitrogen functional groups attached to an aromatic ring is 4. The van der Waals surface area contributed by atoms with Gasteiger partial charge in [-0.3, -0.25) is 0 Å². The molecule has 0 heterocycles. The van der Waals surface area contributed by atoms with E-state index in [4.69, 9.17) is 32.4 Å². The van der Waals surface area contributed by atoms with Gasteiger partial charge in [-0.15, -0.1) is 0 Å². The van der Waals surface area contributed by atoms with Crippen molar-refractivity contribution in [3.05, 3.63) is 60.7 Å². The van der Waals surface area contributed by atoms with E-state index in [1.807, 2.05) is 12.1 Å². The van der Waals surface area contributed by atoms with Gasteiger partial charge in [0, 0.05) is 11.4 Å². The normalized spacial score (nSPS) is 10.3. The molecule has 6 nitrogen and oxygen atoms in total. The lowest BCUT2D eigenvalue weighted by atomic mass is 10.2. The highest BCUT2D eigenvalue weighted by molar-refractivity contribution is 5.64. The molecular formula is C18H18N4O2. The molecule has 3 aromatic carbocycles. The molecule has 0 aliphatic carbocycles. The van der Waals surface area contributed by atoms with Crippen molar-refractivity contribution in [1.29, 1.82) is 0 Å². The highest BCUT2D eigenvalue weighted by atomic mass is 16.5. The van der Waals surface area contributed by atoms with Gasteiger partial charge in [0.1, 0.15) is 0 Å². The van der Waals surface area contributed by atoms with E-state index in [1.165, 1.54) is 0 Å². The number of para-hydroxylation sites is 2. The van der Waals surface area contributed by atoms with E-state index in [0.717, 1.165) is 0 Å². The standard InChI is InChI=1S/C18H18N4O2/c19-11-5-7-15(13(21)9-11)23-17-3-1-2-4-18(17)24-16-8-6-12(20)10-14(16)22/h1-10H,19-22H2. The summed E-state index contributed by atoms with van der Waals surface area (Å²) in [5.41, 5.74) is 25.3. The second-order valence-electron chi connectivity index (χ2n) is 5.25. The third kappa shape index (κ3) is 3.27. The Balaban J connectivity index is 1.90. The predicted octanol–water partition coefficient (Wildman–Crippen LogP) is 3.60. The highest BCUT2D eigenvalue weighted by Gasteiger charge is 2.10. The molecule has 0 spiro atoms. The van der Waals surface area contributed by atoms with Crippen LogP contribution in [0.3, 0.4) is 0 Å². The van der Waals surface area contributed by atoms with Crippen LogP contribution in [0, 0.1) is 0 Å². The first kappa shape index (κ1) is 15.4. The molecule has 3 aromatic rings. The van der Waals surface area contributed by atoms with Crippen LogP contribution in [0.2, 0.25) is 0 Å². The van der Waals surface area contributed by atoms with Gasteiger partial charge in [-0.2, -0.15) is 0 Å². The average molecular weight is 322 g/mol. The Morgan fingerprint density at radius 2 is 0.917 bits per heavy atom. The summed E-state index contributed by atoms with van der Waals surface area (Å²) in [5, 5.41) is 0. The van der Waals surface area contributed by atoms with Crippen LogP contribution in [-0.4, -0.2) is 0 Å². The van der Waals surface area contributed by atoms with E-state index in [1.54, 1.807) is 48.5 Å². The molecule has 0 atom stereocenters. The van der Waals surface area contributed by atoms with Crippen molar-refractivity contribution in [2.45, 2.75) is 0 Å². The van der Waals surface area contributed by atoms with E-state index in [0.29, 0.717) is 45.7 Å². The van der Waals surface area contributed by atoms with Crippen molar-refractivity contribution in [2.24, 2.45) is 0 Å². The van der Waals surface area contributed by atoms with Crippen molar-refractivity contribution in [1.82, 2.24) is 0 Å². The minimum Gasteiger partial charge on any atom is -0.451 e. The minimum atomic E-state index is 0.441. The monoisotopic (exact) mass is 322 g/mol. The maximum absolute atomic E-state index is 5.93. The molecule has 8 N–H and O–H groups in total. The zero-order valence-corrected chi connectivity index (χ0v) is 12.9. The van der Waals surface area contributed by atoms with Gasteiger partial charge in [0.05, 0.1) is 11.4 Å². The fraction of sp³-hybridized carbons (Fsp3) is 0. The van der Waals surface area contributed by atoms with E-state index < -0.39 is 0 Å². The average Bonchev–Trinajstić information content (AvgIpc) is 2.54. The van der Waals surface area contributed by atoms with Crippen molar-refractivity contribution >= 4 is 22.7 Å². The van der Waals surface area contributed by atoms with Crippen LogP contribution in [-0.2, 0) is 0 Å². The zero-order valence-electron chi connectivity index (χ0n) is 12.9. The highest BCUT2D eigenvalue weighted by Crippen LogP contribution is 2.38. The SMILES string of the molecule is Nc1ccc(Oc2ccccc2Oc2ccc(N)cc2N)c(N)c1. The molecule has 0 bridgehead atoms. The molecule has 122 valence electrons. The maximum Gasteiger partial charge on any atom is 0.170 e. The van der Waals surface area contributed by atoms with Crippen LogP contribution in [0.1, 0.15) is 0 Å². The number of anilines is 4. The molecule has 0 fully saturated rings. The van der Waals surface area contributed by atoms with Gasteiger partial charge in [-0.05, 0) is 48.5 Å². The maximum atomic E-state index is 5.93. The molecular weight excluding hydrogens is 304 g/mol. The van der Waals surface area contributed by atoms with Gasteiger partial charge in [0.2, 0.25) is 0 Å². The first-order chi connectivity index (χ1) is 11.5. The number of nitrogens with two attached hydrogens (primary N) is 4. The number of ether oxygens (including phenoxy) is 2. The number of rotatable bonds is 4. The molecule has 24 heavy (non-hydrogen) atoms.